The molecule has 2 aliphatic rings. The second-order valence-corrected chi connectivity index (χ2v) is 8.80. The lowest BCUT2D eigenvalue weighted by molar-refractivity contribution is -0.121. The lowest BCUT2D eigenvalue weighted by Gasteiger charge is -2.47. The number of hydrogen-bond acceptors (Lipinski definition) is 4. The van der Waals surface area contributed by atoms with Crippen molar-refractivity contribution in [2.45, 2.75) is 31.6 Å². The van der Waals surface area contributed by atoms with E-state index in [9.17, 15) is 15.2 Å². The standard InChI is InChI=1S/C27H25N3O2/c1-17-23-12-11-22-24(19-9-7-18(8-10-19)13-14-31)29-30-26(22)27(23,15-20(16-28)25(17)32)21-5-3-2-4-6-21/h2-10,15,17,23,31H,11-14H2,1H3,(H,29,30)/t17-,23-,27-/m1/s1. The third kappa shape index (κ3) is 2.95. The number of nitrogens with one attached hydrogen (secondary N) is 1. The summed E-state index contributed by atoms with van der Waals surface area (Å²) in [5.41, 5.74) is 5.88. The third-order valence-corrected chi connectivity index (χ3v) is 7.23. The minimum absolute atomic E-state index is 0.0576. The highest BCUT2D eigenvalue weighted by Gasteiger charge is 2.53. The van der Waals surface area contributed by atoms with Gasteiger partial charge in [0.15, 0.2) is 5.78 Å². The number of H-pyrrole nitrogens is 1. The largest absolute Gasteiger partial charge is 0.396 e. The molecule has 0 aliphatic heterocycles. The first kappa shape index (κ1) is 20.4. The molecule has 0 radical (unpaired) electrons. The van der Waals surface area contributed by atoms with Gasteiger partial charge in [-0.1, -0.05) is 61.5 Å². The van der Waals surface area contributed by atoms with Gasteiger partial charge < -0.3 is 5.11 Å². The Morgan fingerprint density at radius 3 is 2.62 bits per heavy atom. The Labute approximate surface area is 187 Å². The number of carbonyl (C=O) groups is 1. The molecule has 1 heterocycles. The molecule has 160 valence electrons. The Morgan fingerprint density at radius 1 is 1.19 bits per heavy atom. The van der Waals surface area contributed by atoms with Crippen LogP contribution in [0, 0.1) is 23.2 Å². The molecule has 0 saturated heterocycles. The first-order valence-electron chi connectivity index (χ1n) is 11.1. The van der Waals surface area contributed by atoms with E-state index in [1.807, 2.05) is 55.5 Å². The van der Waals surface area contributed by atoms with Crippen LogP contribution in [0.25, 0.3) is 11.3 Å². The Kier molecular flexibility index (Phi) is 5.03. The van der Waals surface area contributed by atoms with Crippen LogP contribution in [0.1, 0.15) is 35.7 Å². The zero-order valence-corrected chi connectivity index (χ0v) is 18.0. The minimum atomic E-state index is -0.588. The van der Waals surface area contributed by atoms with Gasteiger partial charge in [0.2, 0.25) is 0 Å². The maximum Gasteiger partial charge on any atom is 0.176 e. The van der Waals surface area contributed by atoms with E-state index in [0.717, 1.165) is 46.5 Å². The van der Waals surface area contributed by atoms with Gasteiger partial charge in [0.1, 0.15) is 6.07 Å². The highest BCUT2D eigenvalue weighted by atomic mass is 16.3. The number of benzene rings is 2. The molecule has 1 aromatic heterocycles. The Hall–Kier alpha value is -3.49. The van der Waals surface area contributed by atoms with Crippen LogP contribution in [0.5, 0.6) is 0 Å². The lowest BCUT2D eigenvalue weighted by atomic mass is 9.54. The Bertz CT molecular complexity index is 1230. The fourth-order valence-corrected chi connectivity index (χ4v) is 5.65. The molecule has 5 nitrogen and oxygen atoms in total. The monoisotopic (exact) mass is 423 g/mol. The molecule has 32 heavy (non-hydrogen) atoms. The predicted molar refractivity (Wildman–Crippen MR) is 122 cm³/mol. The summed E-state index contributed by atoms with van der Waals surface area (Å²) in [7, 11) is 0. The second-order valence-electron chi connectivity index (χ2n) is 8.80. The molecule has 0 fully saturated rings. The molecule has 3 aromatic rings. The molecular weight excluding hydrogens is 398 g/mol. The van der Waals surface area contributed by atoms with Crippen molar-refractivity contribution in [1.29, 1.82) is 5.26 Å². The number of nitrogens with zero attached hydrogens (tertiary/aromatic N) is 2. The van der Waals surface area contributed by atoms with Gasteiger partial charge in [0.05, 0.1) is 22.4 Å². The molecule has 2 aromatic carbocycles. The van der Waals surface area contributed by atoms with Gasteiger partial charge in [-0.25, -0.2) is 0 Å². The average Bonchev–Trinajstić information content (AvgIpc) is 3.27. The van der Waals surface area contributed by atoms with E-state index < -0.39 is 5.41 Å². The molecular formula is C27H25N3O2. The summed E-state index contributed by atoms with van der Waals surface area (Å²) in [5, 5.41) is 27.0. The molecule has 0 amide bonds. The van der Waals surface area contributed by atoms with Crippen LogP contribution in [0.2, 0.25) is 0 Å². The molecule has 5 rings (SSSR count). The van der Waals surface area contributed by atoms with Crippen LogP contribution < -0.4 is 0 Å². The number of Topliss-reactive ketones (excluding diaryl/α,β-unsaturated/α-hetero) is 1. The quantitative estimate of drug-likeness (QED) is 0.660. The molecule has 0 unspecified atom stereocenters. The zero-order valence-electron chi connectivity index (χ0n) is 18.0. The van der Waals surface area contributed by atoms with E-state index in [1.54, 1.807) is 0 Å². The number of aliphatic hydroxyl groups excluding tert-OH is 1. The fraction of sp³-hybridized carbons (Fsp3) is 0.296. The molecule has 5 heteroatoms. The van der Waals surface area contributed by atoms with Gasteiger partial charge in [-0.15, -0.1) is 0 Å². The summed E-state index contributed by atoms with van der Waals surface area (Å²) in [6.45, 7) is 2.08. The van der Waals surface area contributed by atoms with Crippen molar-refractivity contribution >= 4 is 5.78 Å². The SMILES string of the molecule is C[C@H]1C(=O)C(C#N)=C[C@]2(c3ccccc3)c3[nH]nc(-c4ccc(CCO)cc4)c3CC[C@H]12. The van der Waals surface area contributed by atoms with Crippen molar-refractivity contribution in [2.24, 2.45) is 11.8 Å². The van der Waals surface area contributed by atoms with Gasteiger partial charge >= 0.3 is 0 Å². The summed E-state index contributed by atoms with van der Waals surface area (Å²) in [5.74, 6) is -0.249. The molecule has 0 bridgehead atoms. The highest BCUT2D eigenvalue weighted by molar-refractivity contribution is 6.02. The highest BCUT2D eigenvalue weighted by Crippen LogP contribution is 2.54. The second kappa shape index (κ2) is 7.89. The van der Waals surface area contributed by atoms with Crippen molar-refractivity contribution in [1.82, 2.24) is 10.2 Å². The summed E-state index contributed by atoms with van der Waals surface area (Å²) in [6.07, 6.45) is 4.19. The molecule has 2 N–H and O–H groups in total. The lowest BCUT2D eigenvalue weighted by Crippen LogP contribution is -2.48. The molecule has 0 saturated carbocycles. The number of hydrogen-bond donors (Lipinski definition) is 2. The molecule has 2 aliphatic carbocycles. The smallest absolute Gasteiger partial charge is 0.176 e. The fourth-order valence-electron chi connectivity index (χ4n) is 5.65. The van der Waals surface area contributed by atoms with Crippen molar-refractivity contribution in [3.63, 3.8) is 0 Å². The number of ketones is 1. The summed E-state index contributed by atoms with van der Waals surface area (Å²) >= 11 is 0. The topological polar surface area (TPSA) is 89.8 Å². The summed E-state index contributed by atoms with van der Waals surface area (Å²) in [4.78, 5) is 12.9. The number of aromatic amines is 1. The van der Waals surface area contributed by atoms with Gasteiger partial charge in [0.25, 0.3) is 0 Å². The van der Waals surface area contributed by atoms with Gasteiger partial charge in [0, 0.05) is 23.7 Å². The molecule has 0 spiro atoms. The van der Waals surface area contributed by atoms with Crippen molar-refractivity contribution in [3.8, 4) is 17.3 Å². The zero-order chi connectivity index (χ0) is 22.3. The van der Waals surface area contributed by atoms with E-state index >= 15 is 0 Å². The number of fused-ring (bicyclic) bond motifs is 3. The number of allylic oxidation sites excluding steroid dienone is 2. The normalized spacial score (nSPS) is 24.3. The number of rotatable bonds is 4. The first-order valence-corrected chi connectivity index (χ1v) is 11.1. The predicted octanol–water partition coefficient (Wildman–Crippen LogP) is 4.13. The van der Waals surface area contributed by atoms with Crippen LogP contribution in [-0.4, -0.2) is 27.7 Å². The Balaban J connectivity index is 1.72. The first-order chi connectivity index (χ1) is 15.6. The number of aliphatic hydroxyl groups is 1. The average molecular weight is 424 g/mol. The van der Waals surface area contributed by atoms with Crippen LogP contribution in [0.15, 0.2) is 66.2 Å². The van der Waals surface area contributed by atoms with Crippen LogP contribution >= 0.6 is 0 Å². The Morgan fingerprint density at radius 2 is 1.94 bits per heavy atom. The van der Waals surface area contributed by atoms with Crippen LogP contribution in [0.3, 0.4) is 0 Å². The van der Waals surface area contributed by atoms with Crippen LogP contribution in [-0.2, 0) is 23.1 Å². The summed E-state index contributed by atoms with van der Waals surface area (Å²) < 4.78 is 0. The van der Waals surface area contributed by atoms with Gasteiger partial charge in [-0.3, -0.25) is 9.89 Å². The maximum absolute atomic E-state index is 12.9. The van der Waals surface area contributed by atoms with Crippen LogP contribution in [0.4, 0.5) is 0 Å². The number of carbonyl (C=O) groups excluding carboxylic acids is 1. The van der Waals surface area contributed by atoms with E-state index in [-0.39, 0.29) is 29.8 Å². The van der Waals surface area contributed by atoms with Crippen molar-refractivity contribution in [2.75, 3.05) is 6.61 Å². The van der Waals surface area contributed by atoms with E-state index in [0.29, 0.717) is 6.42 Å². The number of nitriles is 1. The van der Waals surface area contributed by atoms with Gasteiger partial charge in [-0.2, -0.15) is 10.4 Å². The van der Waals surface area contributed by atoms with Gasteiger partial charge in [-0.05, 0) is 42.4 Å². The van der Waals surface area contributed by atoms with E-state index in [2.05, 4.69) is 23.3 Å². The summed E-state index contributed by atoms with van der Waals surface area (Å²) in [6, 6.07) is 20.5. The van der Waals surface area contributed by atoms with E-state index in [4.69, 9.17) is 5.10 Å². The number of aromatic nitrogens is 2. The van der Waals surface area contributed by atoms with Crippen molar-refractivity contribution in [3.05, 3.63) is 88.6 Å². The van der Waals surface area contributed by atoms with E-state index in [1.165, 1.54) is 0 Å². The molecule has 3 atom stereocenters. The maximum atomic E-state index is 12.9. The minimum Gasteiger partial charge on any atom is -0.396 e. The third-order valence-electron chi connectivity index (χ3n) is 7.23. The van der Waals surface area contributed by atoms with Crippen molar-refractivity contribution < 1.29 is 9.90 Å².